The highest BCUT2D eigenvalue weighted by Crippen LogP contribution is 2.21. The van der Waals surface area contributed by atoms with E-state index in [9.17, 15) is 18.1 Å². The van der Waals surface area contributed by atoms with Gasteiger partial charge in [-0.3, -0.25) is 4.90 Å². The van der Waals surface area contributed by atoms with Crippen molar-refractivity contribution < 1.29 is 12.8 Å². The van der Waals surface area contributed by atoms with Gasteiger partial charge in [0.15, 0.2) is 0 Å². The molecule has 1 saturated heterocycles. The summed E-state index contributed by atoms with van der Waals surface area (Å²) in [5.41, 5.74) is 2.28. The molecule has 2 heterocycles. The first-order valence-electron chi connectivity index (χ1n) is 8.84. The first kappa shape index (κ1) is 20.6. The number of benzene rings is 1. The Balaban J connectivity index is 1.75. The van der Waals surface area contributed by atoms with Gasteiger partial charge >= 0.3 is 0 Å². The fourth-order valence-corrected chi connectivity index (χ4v) is 5.24. The average molecular weight is 421 g/mol. The van der Waals surface area contributed by atoms with Gasteiger partial charge in [0, 0.05) is 31.9 Å². The minimum absolute atomic E-state index is 0.264. The normalized spacial score (nSPS) is 16.1. The molecule has 0 N–H and O–H groups in total. The number of rotatable bonds is 4. The summed E-state index contributed by atoms with van der Waals surface area (Å²) in [5, 5.41) is 9.33. The molecule has 0 aliphatic carbocycles. The SMILES string of the molecule is Cc1cc(C)n(CN2CCN(S(=O)(=O)c3ccccc3F)CC2)c(=S)c1C#N. The number of aromatic nitrogens is 1. The highest BCUT2D eigenvalue weighted by atomic mass is 32.2. The topological polar surface area (TPSA) is 69.3 Å². The van der Waals surface area contributed by atoms with E-state index in [0.717, 1.165) is 17.3 Å². The van der Waals surface area contributed by atoms with Crippen molar-refractivity contribution in [1.29, 1.82) is 5.26 Å². The third-order valence-electron chi connectivity index (χ3n) is 4.94. The lowest BCUT2D eigenvalue weighted by molar-refractivity contribution is 0.150. The van der Waals surface area contributed by atoms with Crippen LogP contribution in [0.2, 0.25) is 0 Å². The maximum absolute atomic E-state index is 13.9. The molecular weight excluding hydrogens is 399 g/mol. The third-order valence-corrected chi connectivity index (χ3v) is 7.30. The molecule has 0 saturated carbocycles. The van der Waals surface area contributed by atoms with Crippen LogP contribution in [0.3, 0.4) is 0 Å². The molecule has 0 amide bonds. The Morgan fingerprint density at radius 2 is 1.82 bits per heavy atom. The molecule has 1 aromatic heterocycles. The van der Waals surface area contributed by atoms with E-state index >= 15 is 0 Å². The Bertz CT molecular complexity index is 1100. The maximum Gasteiger partial charge on any atom is 0.246 e. The van der Waals surface area contributed by atoms with Gasteiger partial charge in [-0.1, -0.05) is 24.4 Å². The van der Waals surface area contributed by atoms with Gasteiger partial charge in [0.2, 0.25) is 10.0 Å². The third kappa shape index (κ3) is 3.86. The Kier molecular flexibility index (Phi) is 5.95. The Morgan fingerprint density at radius 3 is 2.43 bits per heavy atom. The standard InChI is InChI=1S/C19H21FN4O2S2/c1-14-11-15(2)24(19(27)16(14)12-21)13-22-7-9-23(10-8-22)28(25,26)18-6-4-3-5-17(18)20/h3-6,11H,7-10,13H2,1-2H3. The monoisotopic (exact) mass is 420 g/mol. The second kappa shape index (κ2) is 8.09. The molecule has 0 bridgehead atoms. The summed E-state index contributed by atoms with van der Waals surface area (Å²) in [6, 6.07) is 9.50. The van der Waals surface area contributed by atoms with Crippen molar-refractivity contribution in [3.05, 3.63) is 57.6 Å². The number of hydrogen-bond donors (Lipinski definition) is 0. The molecule has 28 heavy (non-hydrogen) atoms. The minimum atomic E-state index is -3.86. The van der Waals surface area contributed by atoms with Gasteiger partial charge in [-0.25, -0.2) is 12.8 Å². The molecule has 6 nitrogen and oxygen atoms in total. The smallest absolute Gasteiger partial charge is 0.246 e. The molecule has 0 radical (unpaired) electrons. The summed E-state index contributed by atoms with van der Waals surface area (Å²) in [5.74, 6) is -0.740. The van der Waals surface area contributed by atoms with Crippen LogP contribution in [0.25, 0.3) is 0 Å². The molecule has 0 spiro atoms. The van der Waals surface area contributed by atoms with Crippen molar-refractivity contribution >= 4 is 22.2 Å². The van der Waals surface area contributed by atoms with Crippen molar-refractivity contribution in [3.8, 4) is 6.07 Å². The Labute approximate surface area is 169 Å². The van der Waals surface area contributed by atoms with Gasteiger partial charge in [-0.05, 0) is 37.6 Å². The van der Waals surface area contributed by atoms with E-state index in [-0.39, 0.29) is 18.0 Å². The van der Waals surface area contributed by atoms with Crippen LogP contribution in [-0.2, 0) is 16.7 Å². The molecular formula is C19H21FN4O2S2. The van der Waals surface area contributed by atoms with E-state index in [2.05, 4.69) is 11.0 Å². The first-order chi connectivity index (χ1) is 13.3. The molecule has 1 aliphatic rings. The lowest BCUT2D eigenvalue weighted by Gasteiger charge is -2.34. The summed E-state index contributed by atoms with van der Waals surface area (Å²) in [4.78, 5) is 1.78. The van der Waals surface area contributed by atoms with Crippen LogP contribution in [0.4, 0.5) is 4.39 Å². The van der Waals surface area contributed by atoms with Gasteiger partial charge in [-0.15, -0.1) is 0 Å². The summed E-state index contributed by atoms with van der Waals surface area (Å²) in [6.45, 7) is 5.78. The van der Waals surface area contributed by atoms with Crippen molar-refractivity contribution in [1.82, 2.24) is 13.8 Å². The number of hydrogen-bond acceptors (Lipinski definition) is 5. The quantitative estimate of drug-likeness (QED) is 0.712. The van der Waals surface area contributed by atoms with Gasteiger partial charge in [0.25, 0.3) is 0 Å². The zero-order valence-electron chi connectivity index (χ0n) is 15.7. The second-order valence-corrected chi connectivity index (χ2v) is 9.08. The summed E-state index contributed by atoms with van der Waals surface area (Å²) >= 11 is 5.46. The number of nitrogens with zero attached hydrogens (tertiary/aromatic N) is 4. The van der Waals surface area contributed by atoms with Gasteiger partial charge < -0.3 is 4.57 Å². The van der Waals surface area contributed by atoms with Gasteiger partial charge in [0.1, 0.15) is 21.4 Å². The predicted molar refractivity (Wildman–Crippen MR) is 106 cm³/mol. The predicted octanol–water partition coefficient (Wildman–Crippen LogP) is 2.81. The van der Waals surface area contributed by atoms with Gasteiger partial charge in [-0.2, -0.15) is 9.57 Å². The molecule has 9 heteroatoms. The lowest BCUT2D eigenvalue weighted by Crippen LogP contribution is -2.49. The van der Waals surface area contributed by atoms with Crippen molar-refractivity contribution in [2.75, 3.05) is 26.2 Å². The van der Waals surface area contributed by atoms with Crippen LogP contribution in [0, 0.1) is 35.6 Å². The summed E-state index contributed by atoms with van der Waals surface area (Å²) < 4.78 is 43.1. The fourth-order valence-electron chi connectivity index (χ4n) is 3.34. The summed E-state index contributed by atoms with van der Waals surface area (Å²) in [6.07, 6.45) is 0. The lowest BCUT2D eigenvalue weighted by atomic mass is 10.1. The van der Waals surface area contributed by atoms with Crippen molar-refractivity contribution in [3.63, 3.8) is 0 Å². The Hall–Kier alpha value is -2.12. The molecule has 148 valence electrons. The van der Waals surface area contributed by atoms with E-state index < -0.39 is 15.8 Å². The highest BCUT2D eigenvalue weighted by molar-refractivity contribution is 7.89. The number of pyridine rings is 1. The van der Waals surface area contributed by atoms with Gasteiger partial charge in [0.05, 0.1) is 12.2 Å². The molecule has 0 atom stereocenters. The van der Waals surface area contributed by atoms with Crippen LogP contribution in [0.1, 0.15) is 16.8 Å². The van der Waals surface area contributed by atoms with Crippen molar-refractivity contribution in [2.45, 2.75) is 25.4 Å². The fraction of sp³-hybridized carbons (Fsp3) is 0.368. The number of piperazine rings is 1. The number of nitriles is 1. The number of sulfonamides is 1. The molecule has 1 aromatic carbocycles. The van der Waals surface area contributed by atoms with Crippen LogP contribution in [0.15, 0.2) is 35.2 Å². The maximum atomic E-state index is 13.9. The second-order valence-electron chi connectivity index (χ2n) is 6.78. The Morgan fingerprint density at radius 1 is 1.18 bits per heavy atom. The number of halogens is 1. The van der Waals surface area contributed by atoms with E-state index in [1.165, 1.54) is 22.5 Å². The molecule has 1 aliphatic heterocycles. The largest absolute Gasteiger partial charge is 0.322 e. The van der Waals surface area contributed by atoms with Crippen LogP contribution in [-0.4, -0.2) is 48.4 Å². The van der Waals surface area contributed by atoms with E-state index in [1.807, 2.05) is 24.5 Å². The van der Waals surface area contributed by atoms with E-state index in [4.69, 9.17) is 12.2 Å². The van der Waals surface area contributed by atoms with Crippen LogP contribution in [0.5, 0.6) is 0 Å². The number of aryl methyl sites for hydroxylation is 2. The molecule has 0 unspecified atom stereocenters. The average Bonchev–Trinajstić information content (AvgIpc) is 2.66. The van der Waals surface area contributed by atoms with Crippen LogP contribution >= 0.6 is 12.2 Å². The first-order valence-corrected chi connectivity index (χ1v) is 10.7. The molecule has 2 aromatic rings. The molecule has 3 rings (SSSR count). The minimum Gasteiger partial charge on any atom is -0.322 e. The summed E-state index contributed by atoms with van der Waals surface area (Å²) in [7, 11) is -3.86. The van der Waals surface area contributed by atoms with Crippen molar-refractivity contribution in [2.24, 2.45) is 0 Å². The highest BCUT2D eigenvalue weighted by Gasteiger charge is 2.30. The van der Waals surface area contributed by atoms with E-state index in [0.29, 0.717) is 30.0 Å². The zero-order valence-corrected chi connectivity index (χ0v) is 17.4. The zero-order chi connectivity index (χ0) is 20.5. The van der Waals surface area contributed by atoms with Crippen LogP contribution < -0.4 is 0 Å². The molecule has 1 fully saturated rings. The van der Waals surface area contributed by atoms with E-state index in [1.54, 1.807) is 0 Å².